The Morgan fingerprint density at radius 1 is 1.30 bits per heavy atom. The highest BCUT2D eigenvalue weighted by atomic mass is 35.5. The van der Waals surface area contributed by atoms with Gasteiger partial charge in [0, 0.05) is 11.1 Å². The lowest BCUT2D eigenvalue weighted by Gasteiger charge is -2.11. The maximum Gasteiger partial charge on any atom is 0.238 e. The van der Waals surface area contributed by atoms with E-state index in [9.17, 15) is 9.90 Å². The number of phenols is 1. The second kappa shape index (κ2) is 6.63. The molecule has 4 nitrogen and oxygen atoms in total. The van der Waals surface area contributed by atoms with E-state index in [0.717, 1.165) is 4.90 Å². The van der Waals surface area contributed by atoms with Gasteiger partial charge in [-0.25, -0.2) is 4.98 Å². The molecular formula is C14H13ClN2O2S. The molecule has 1 amide bonds. The van der Waals surface area contributed by atoms with Crippen LogP contribution in [0.3, 0.4) is 0 Å². The highest BCUT2D eigenvalue weighted by Crippen LogP contribution is 2.25. The zero-order valence-corrected chi connectivity index (χ0v) is 12.3. The Bertz CT molecular complexity index is 587. The molecule has 1 atom stereocenters. The molecule has 1 heterocycles. The molecule has 1 aromatic heterocycles. The molecule has 0 bridgehead atoms. The largest absolute Gasteiger partial charge is 0.508 e. The maximum absolute atomic E-state index is 12.0. The number of nitrogens with one attached hydrogen (secondary N) is 1. The Morgan fingerprint density at radius 2 is 2.00 bits per heavy atom. The van der Waals surface area contributed by atoms with Crippen molar-refractivity contribution in [1.82, 2.24) is 4.98 Å². The molecular weight excluding hydrogens is 296 g/mol. The van der Waals surface area contributed by atoms with Crippen molar-refractivity contribution in [2.45, 2.75) is 17.1 Å². The second-order valence-electron chi connectivity index (χ2n) is 4.10. The molecule has 0 saturated heterocycles. The number of aromatic nitrogens is 1. The van der Waals surface area contributed by atoms with Crippen molar-refractivity contribution in [1.29, 1.82) is 0 Å². The Morgan fingerprint density at radius 3 is 2.60 bits per heavy atom. The Kier molecular flexibility index (Phi) is 4.87. The first kappa shape index (κ1) is 14.7. The first-order valence-electron chi connectivity index (χ1n) is 5.93. The van der Waals surface area contributed by atoms with Gasteiger partial charge in [0.05, 0.1) is 10.3 Å². The molecule has 0 aliphatic rings. The monoisotopic (exact) mass is 308 g/mol. The summed E-state index contributed by atoms with van der Waals surface area (Å²) in [5.74, 6) is 0.535. The number of rotatable bonds is 4. The lowest BCUT2D eigenvalue weighted by Crippen LogP contribution is -2.22. The van der Waals surface area contributed by atoms with Gasteiger partial charge in [0.25, 0.3) is 0 Å². The third kappa shape index (κ3) is 4.15. The van der Waals surface area contributed by atoms with Gasteiger partial charge in [-0.3, -0.25) is 4.79 Å². The van der Waals surface area contributed by atoms with E-state index in [0.29, 0.717) is 10.8 Å². The Labute approximate surface area is 126 Å². The van der Waals surface area contributed by atoms with E-state index in [-0.39, 0.29) is 16.9 Å². The van der Waals surface area contributed by atoms with Crippen LogP contribution in [0.5, 0.6) is 5.75 Å². The van der Waals surface area contributed by atoms with Gasteiger partial charge >= 0.3 is 0 Å². The minimum Gasteiger partial charge on any atom is -0.508 e. The molecule has 1 unspecified atom stereocenters. The summed E-state index contributed by atoms with van der Waals surface area (Å²) in [6, 6.07) is 10.0. The van der Waals surface area contributed by atoms with Crippen LogP contribution in [0.4, 0.5) is 5.82 Å². The number of thioether (sulfide) groups is 1. The number of hydrogen-bond donors (Lipinski definition) is 2. The lowest BCUT2D eigenvalue weighted by molar-refractivity contribution is -0.115. The Balaban J connectivity index is 1.94. The topological polar surface area (TPSA) is 62.2 Å². The number of aromatic hydroxyl groups is 1. The molecule has 1 aromatic carbocycles. The molecule has 2 N–H and O–H groups in total. The van der Waals surface area contributed by atoms with E-state index >= 15 is 0 Å². The zero-order valence-electron chi connectivity index (χ0n) is 10.7. The van der Waals surface area contributed by atoms with Crippen molar-refractivity contribution in [3.63, 3.8) is 0 Å². The van der Waals surface area contributed by atoms with E-state index in [1.54, 1.807) is 36.4 Å². The van der Waals surface area contributed by atoms with Gasteiger partial charge in [0.2, 0.25) is 5.91 Å². The van der Waals surface area contributed by atoms with Crippen molar-refractivity contribution in [3.8, 4) is 5.75 Å². The van der Waals surface area contributed by atoms with Crippen LogP contribution < -0.4 is 5.32 Å². The third-order valence-corrected chi connectivity index (χ3v) is 3.83. The summed E-state index contributed by atoms with van der Waals surface area (Å²) in [4.78, 5) is 16.9. The SMILES string of the molecule is CC(Sc1ccc(O)cc1)C(=O)Nc1ccc(Cl)cn1. The third-order valence-electron chi connectivity index (χ3n) is 2.50. The number of carbonyl (C=O) groups is 1. The molecule has 2 rings (SSSR count). The summed E-state index contributed by atoms with van der Waals surface area (Å²) < 4.78 is 0. The van der Waals surface area contributed by atoms with E-state index < -0.39 is 0 Å². The normalized spacial score (nSPS) is 11.9. The number of benzene rings is 1. The lowest BCUT2D eigenvalue weighted by atomic mass is 10.3. The number of amides is 1. The van der Waals surface area contributed by atoms with Crippen molar-refractivity contribution < 1.29 is 9.90 Å². The van der Waals surface area contributed by atoms with Crippen LogP contribution in [0.2, 0.25) is 5.02 Å². The minimum absolute atomic E-state index is 0.141. The number of carbonyl (C=O) groups excluding carboxylic acids is 1. The van der Waals surface area contributed by atoms with Crippen LogP contribution >= 0.6 is 23.4 Å². The summed E-state index contributed by atoms with van der Waals surface area (Å²) in [5.41, 5.74) is 0. The highest BCUT2D eigenvalue weighted by Gasteiger charge is 2.15. The molecule has 0 fully saturated rings. The second-order valence-corrected chi connectivity index (χ2v) is 5.96. The van der Waals surface area contributed by atoms with Crippen LogP contribution in [-0.4, -0.2) is 21.2 Å². The number of nitrogens with zero attached hydrogens (tertiary/aromatic N) is 1. The predicted molar refractivity (Wildman–Crippen MR) is 81.3 cm³/mol. The fourth-order valence-electron chi connectivity index (χ4n) is 1.46. The van der Waals surface area contributed by atoms with Crippen molar-refractivity contribution >= 4 is 35.1 Å². The summed E-state index contributed by atoms with van der Waals surface area (Å²) >= 11 is 7.14. The van der Waals surface area contributed by atoms with Crippen molar-refractivity contribution in [2.75, 3.05) is 5.32 Å². The standard InChI is InChI=1S/C14H13ClN2O2S/c1-9(20-12-5-3-11(18)4-6-12)14(19)17-13-7-2-10(15)8-16-13/h2-9,18H,1H3,(H,16,17,19). The van der Waals surface area contributed by atoms with E-state index in [2.05, 4.69) is 10.3 Å². The first-order chi connectivity index (χ1) is 9.54. The fraction of sp³-hybridized carbons (Fsp3) is 0.143. The summed E-state index contributed by atoms with van der Waals surface area (Å²) in [5, 5.41) is 12.2. The summed E-state index contributed by atoms with van der Waals surface area (Å²) in [6.45, 7) is 1.81. The van der Waals surface area contributed by atoms with E-state index in [1.165, 1.54) is 18.0 Å². The number of halogens is 1. The molecule has 0 radical (unpaired) electrons. The minimum atomic E-state index is -0.281. The first-order valence-corrected chi connectivity index (χ1v) is 7.18. The van der Waals surface area contributed by atoms with Crippen LogP contribution in [-0.2, 0) is 4.79 Å². The molecule has 0 spiro atoms. The smallest absolute Gasteiger partial charge is 0.238 e. The van der Waals surface area contributed by atoms with Gasteiger partial charge in [0.1, 0.15) is 11.6 Å². The quantitative estimate of drug-likeness (QED) is 0.848. The van der Waals surface area contributed by atoms with Crippen LogP contribution in [0.1, 0.15) is 6.92 Å². The molecule has 0 saturated carbocycles. The maximum atomic E-state index is 12.0. The highest BCUT2D eigenvalue weighted by molar-refractivity contribution is 8.00. The average molecular weight is 309 g/mol. The molecule has 0 aliphatic carbocycles. The van der Waals surface area contributed by atoms with Crippen molar-refractivity contribution in [3.05, 3.63) is 47.6 Å². The summed E-state index contributed by atoms with van der Waals surface area (Å²) in [7, 11) is 0. The van der Waals surface area contributed by atoms with Crippen LogP contribution in [0.15, 0.2) is 47.5 Å². The van der Waals surface area contributed by atoms with Crippen molar-refractivity contribution in [2.24, 2.45) is 0 Å². The van der Waals surface area contributed by atoms with Gasteiger partial charge in [0.15, 0.2) is 0 Å². The fourth-order valence-corrected chi connectivity index (χ4v) is 2.44. The molecule has 2 aromatic rings. The molecule has 0 aliphatic heterocycles. The number of phenolic OH excluding ortho intramolecular Hbond substituents is 1. The van der Waals surface area contributed by atoms with E-state index in [1.807, 2.05) is 6.92 Å². The Hall–Kier alpha value is -1.72. The van der Waals surface area contributed by atoms with E-state index in [4.69, 9.17) is 11.6 Å². The van der Waals surface area contributed by atoms with Crippen LogP contribution in [0.25, 0.3) is 0 Å². The zero-order chi connectivity index (χ0) is 14.5. The van der Waals surface area contributed by atoms with Gasteiger partial charge in [-0.15, -0.1) is 11.8 Å². The average Bonchev–Trinajstić information content (AvgIpc) is 2.44. The number of pyridine rings is 1. The number of anilines is 1. The van der Waals surface area contributed by atoms with Gasteiger partial charge in [-0.05, 0) is 43.3 Å². The van der Waals surface area contributed by atoms with Gasteiger partial charge in [-0.2, -0.15) is 0 Å². The number of hydrogen-bond acceptors (Lipinski definition) is 4. The van der Waals surface area contributed by atoms with Gasteiger partial charge in [-0.1, -0.05) is 11.6 Å². The summed E-state index contributed by atoms with van der Waals surface area (Å²) in [6.07, 6.45) is 1.48. The van der Waals surface area contributed by atoms with Crippen LogP contribution in [0, 0.1) is 0 Å². The molecule has 104 valence electrons. The predicted octanol–water partition coefficient (Wildman–Crippen LogP) is 3.56. The van der Waals surface area contributed by atoms with Gasteiger partial charge < -0.3 is 10.4 Å². The molecule has 6 heteroatoms. The molecule has 20 heavy (non-hydrogen) atoms.